The van der Waals surface area contributed by atoms with Gasteiger partial charge in [-0.3, -0.25) is 9.59 Å². The number of imidazole rings is 1. The fraction of sp³-hybridized carbons (Fsp3) is 0.0588. The van der Waals surface area contributed by atoms with Crippen LogP contribution in [0.15, 0.2) is 47.3 Å². The van der Waals surface area contributed by atoms with E-state index in [1.807, 2.05) is 6.07 Å². The maximum absolute atomic E-state index is 12.0. The van der Waals surface area contributed by atoms with E-state index in [1.165, 1.54) is 24.3 Å². The summed E-state index contributed by atoms with van der Waals surface area (Å²) in [6.07, 6.45) is 0. The Labute approximate surface area is 141 Å². The van der Waals surface area contributed by atoms with Gasteiger partial charge in [-0.2, -0.15) is 5.26 Å². The number of fused-ring (bicyclic) bond motifs is 1. The molecule has 8 nitrogen and oxygen atoms in total. The number of amides is 2. The van der Waals surface area contributed by atoms with Crippen LogP contribution in [-0.2, 0) is 4.79 Å². The largest absolute Gasteiger partial charge is 0.343 e. The molecule has 0 spiro atoms. The summed E-state index contributed by atoms with van der Waals surface area (Å²) in [6, 6.07) is 13.0. The molecule has 8 heteroatoms. The molecule has 3 aromatic rings. The number of carbonyl (C=O) groups excluding carboxylic acids is 2. The second kappa shape index (κ2) is 6.72. The van der Waals surface area contributed by atoms with E-state index < -0.39 is 11.8 Å². The van der Waals surface area contributed by atoms with Crippen LogP contribution in [0.25, 0.3) is 11.0 Å². The van der Waals surface area contributed by atoms with Crippen LogP contribution in [0.4, 0.5) is 5.69 Å². The third kappa shape index (κ3) is 3.73. The molecule has 0 aliphatic carbocycles. The number of carbonyl (C=O) groups is 2. The molecule has 124 valence electrons. The molecule has 0 aliphatic rings. The molecular weight excluding hydrogens is 322 g/mol. The smallest absolute Gasteiger partial charge is 0.323 e. The van der Waals surface area contributed by atoms with Crippen LogP contribution in [0, 0.1) is 11.3 Å². The Hall–Kier alpha value is -3.86. The van der Waals surface area contributed by atoms with Crippen molar-refractivity contribution in [2.24, 2.45) is 0 Å². The Morgan fingerprint density at radius 1 is 1.04 bits per heavy atom. The number of aromatic nitrogens is 2. The van der Waals surface area contributed by atoms with Gasteiger partial charge in [0.25, 0.3) is 5.91 Å². The molecule has 0 unspecified atom stereocenters. The summed E-state index contributed by atoms with van der Waals surface area (Å²) in [5.41, 5.74) is 2.20. The van der Waals surface area contributed by atoms with Crippen molar-refractivity contribution in [3.63, 3.8) is 0 Å². The molecule has 1 aromatic heterocycles. The average Bonchev–Trinajstić information content (AvgIpc) is 2.99. The number of aromatic amines is 2. The molecule has 1 heterocycles. The Morgan fingerprint density at radius 2 is 1.76 bits per heavy atom. The van der Waals surface area contributed by atoms with E-state index in [2.05, 4.69) is 20.6 Å². The first-order valence-electron chi connectivity index (χ1n) is 7.35. The minimum atomic E-state index is -0.412. The van der Waals surface area contributed by atoms with Gasteiger partial charge in [-0.25, -0.2) is 4.79 Å². The highest BCUT2D eigenvalue weighted by Crippen LogP contribution is 2.14. The van der Waals surface area contributed by atoms with Crippen molar-refractivity contribution in [3.05, 3.63) is 64.1 Å². The van der Waals surface area contributed by atoms with Gasteiger partial charge in [0.15, 0.2) is 0 Å². The lowest BCUT2D eigenvalue weighted by Crippen LogP contribution is -2.32. The zero-order valence-electron chi connectivity index (χ0n) is 12.9. The van der Waals surface area contributed by atoms with Crippen LogP contribution in [0.5, 0.6) is 0 Å². The highest BCUT2D eigenvalue weighted by atomic mass is 16.2. The van der Waals surface area contributed by atoms with Crippen molar-refractivity contribution < 1.29 is 9.59 Å². The van der Waals surface area contributed by atoms with Crippen LogP contribution >= 0.6 is 0 Å². The maximum Gasteiger partial charge on any atom is 0.323 e. The molecule has 0 aliphatic heterocycles. The summed E-state index contributed by atoms with van der Waals surface area (Å²) in [7, 11) is 0. The zero-order valence-corrected chi connectivity index (χ0v) is 12.9. The van der Waals surface area contributed by atoms with E-state index in [0.29, 0.717) is 27.8 Å². The third-order valence-electron chi connectivity index (χ3n) is 3.49. The Kier molecular flexibility index (Phi) is 4.30. The van der Waals surface area contributed by atoms with Gasteiger partial charge in [0, 0.05) is 11.3 Å². The summed E-state index contributed by atoms with van der Waals surface area (Å²) in [6.45, 7) is -0.208. The van der Waals surface area contributed by atoms with Crippen molar-refractivity contribution in [1.82, 2.24) is 15.3 Å². The summed E-state index contributed by atoms with van der Waals surface area (Å²) < 4.78 is 0. The zero-order chi connectivity index (χ0) is 17.8. The number of nitrogens with one attached hydrogen (secondary N) is 4. The molecular formula is C17H13N5O3. The van der Waals surface area contributed by atoms with E-state index in [4.69, 9.17) is 5.26 Å². The van der Waals surface area contributed by atoms with Crippen molar-refractivity contribution in [2.45, 2.75) is 0 Å². The first kappa shape index (κ1) is 16.0. The second-order valence-corrected chi connectivity index (χ2v) is 5.26. The van der Waals surface area contributed by atoms with E-state index in [0.717, 1.165) is 0 Å². The molecule has 2 aromatic carbocycles. The minimum Gasteiger partial charge on any atom is -0.343 e. The second-order valence-electron chi connectivity index (χ2n) is 5.26. The molecule has 0 saturated heterocycles. The first-order valence-corrected chi connectivity index (χ1v) is 7.35. The molecule has 4 N–H and O–H groups in total. The predicted octanol–water partition coefficient (Wildman–Crippen LogP) is 1.10. The fourth-order valence-electron chi connectivity index (χ4n) is 2.27. The normalized spacial score (nSPS) is 10.2. The van der Waals surface area contributed by atoms with Crippen LogP contribution in [0.2, 0.25) is 0 Å². The van der Waals surface area contributed by atoms with Crippen molar-refractivity contribution >= 4 is 28.5 Å². The quantitative estimate of drug-likeness (QED) is 0.568. The van der Waals surface area contributed by atoms with Crippen molar-refractivity contribution in [3.8, 4) is 6.07 Å². The van der Waals surface area contributed by atoms with Gasteiger partial charge < -0.3 is 20.6 Å². The number of benzene rings is 2. The topological polar surface area (TPSA) is 131 Å². The van der Waals surface area contributed by atoms with Gasteiger partial charge in [-0.1, -0.05) is 0 Å². The summed E-state index contributed by atoms with van der Waals surface area (Å²) in [5.74, 6) is -0.815. The number of hydrogen-bond donors (Lipinski definition) is 4. The van der Waals surface area contributed by atoms with E-state index in [1.54, 1.807) is 18.2 Å². The minimum absolute atomic E-state index is 0.208. The summed E-state index contributed by atoms with van der Waals surface area (Å²) in [4.78, 5) is 40.3. The first-order chi connectivity index (χ1) is 12.0. The lowest BCUT2D eigenvalue weighted by molar-refractivity contribution is -0.115. The lowest BCUT2D eigenvalue weighted by Gasteiger charge is -2.07. The highest BCUT2D eigenvalue weighted by molar-refractivity contribution is 5.99. The summed E-state index contributed by atoms with van der Waals surface area (Å²) in [5, 5.41) is 13.9. The standard InChI is InChI=1S/C17H13N5O3/c18-8-10-1-3-11(4-2-10)16(24)19-9-15(23)20-12-5-6-13-14(7-12)22-17(25)21-13/h1-7H,9H2,(H,19,24)(H,20,23)(H2,21,22,25). The molecule has 0 saturated carbocycles. The number of anilines is 1. The molecule has 3 rings (SSSR count). The Bertz CT molecular complexity index is 1040. The summed E-state index contributed by atoms with van der Waals surface area (Å²) >= 11 is 0. The maximum atomic E-state index is 12.0. The Morgan fingerprint density at radius 3 is 2.48 bits per heavy atom. The monoisotopic (exact) mass is 335 g/mol. The fourth-order valence-corrected chi connectivity index (χ4v) is 2.27. The lowest BCUT2D eigenvalue weighted by atomic mass is 10.1. The molecule has 0 fully saturated rings. The van der Waals surface area contributed by atoms with Gasteiger partial charge in [0.05, 0.1) is 29.2 Å². The number of rotatable bonds is 4. The predicted molar refractivity (Wildman–Crippen MR) is 91.0 cm³/mol. The van der Waals surface area contributed by atoms with Crippen LogP contribution in [0.1, 0.15) is 15.9 Å². The molecule has 0 bridgehead atoms. The Balaban J connectivity index is 1.58. The molecule has 0 atom stereocenters. The van der Waals surface area contributed by atoms with E-state index in [9.17, 15) is 14.4 Å². The number of nitrogens with zero attached hydrogens (tertiary/aromatic N) is 1. The van der Waals surface area contributed by atoms with E-state index in [-0.39, 0.29) is 12.2 Å². The van der Waals surface area contributed by atoms with Gasteiger partial charge >= 0.3 is 5.69 Å². The van der Waals surface area contributed by atoms with Gasteiger partial charge in [-0.15, -0.1) is 0 Å². The van der Waals surface area contributed by atoms with Gasteiger partial charge in [0.2, 0.25) is 5.91 Å². The average molecular weight is 335 g/mol. The molecule has 25 heavy (non-hydrogen) atoms. The SMILES string of the molecule is N#Cc1ccc(C(=O)NCC(=O)Nc2ccc3[nH]c(=O)[nH]c3c2)cc1. The highest BCUT2D eigenvalue weighted by Gasteiger charge is 2.09. The van der Waals surface area contributed by atoms with Crippen LogP contribution in [0.3, 0.4) is 0 Å². The van der Waals surface area contributed by atoms with Gasteiger partial charge in [0.1, 0.15) is 0 Å². The third-order valence-corrected chi connectivity index (χ3v) is 3.49. The molecule has 0 radical (unpaired) electrons. The number of hydrogen-bond acceptors (Lipinski definition) is 4. The van der Waals surface area contributed by atoms with Crippen molar-refractivity contribution in [1.29, 1.82) is 5.26 Å². The van der Waals surface area contributed by atoms with Crippen LogP contribution in [-0.4, -0.2) is 28.3 Å². The molecule has 2 amide bonds. The number of H-pyrrole nitrogens is 2. The number of nitriles is 1. The van der Waals surface area contributed by atoms with Crippen LogP contribution < -0.4 is 16.3 Å². The van der Waals surface area contributed by atoms with E-state index >= 15 is 0 Å². The van der Waals surface area contributed by atoms with Crippen molar-refractivity contribution in [2.75, 3.05) is 11.9 Å². The van der Waals surface area contributed by atoms with Gasteiger partial charge in [-0.05, 0) is 42.5 Å².